The molecule has 1 amide bonds. The third kappa shape index (κ3) is 3.79. The summed E-state index contributed by atoms with van der Waals surface area (Å²) >= 11 is 6.19. The number of rotatable bonds is 3. The van der Waals surface area contributed by atoms with Crippen molar-refractivity contribution >= 4 is 29.1 Å². The van der Waals surface area contributed by atoms with Crippen molar-refractivity contribution in [1.29, 1.82) is 0 Å². The highest BCUT2D eigenvalue weighted by Crippen LogP contribution is 2.25. The number of nitrogens with one attached hydrogen (secondary N) is 1. The lowest BCUT2D eigenvalue weighted by Gasteiger charge is -2.32. The zero-order valence-corrected chi connectivity index (χ0v) is 13.8. The number of halogens is 1. The molecule has 1 fully saturated rings. The van der Waals surface area contributed by atoms with Crippen LogP contribution in [0.1, 0.15) is 18.4 Å². The zero-order chi connectivity index (χ0) is 16.2. The van der Waals surface area contributed by atoms with Gasteiger partial charge in [0.25, 0.3) is 0 Å². The van der Waals surface area contributed by atoms with Crippen LogP contribution in [0.3, 0.4) is 0 Å². The molecule has 0 aliphatic carbocycles. The molecule has 1 aromatic heterocycles. The highest BCUT2D eigenvalue weighted by Gasteiger charge is 2.27. The van der Waals surface area contributed by atoms with Gasteiger partial charge in [-0.1, -0.05) is 17.7 Å². The van der Waals surface area contributed by atoms with Crippen LogP contribution in [-0.4, -0.2) is 29.0 Å². The summed E-state index contributed by atoms with van der Waals surface area (Å²) in [7, 11) is 0. The molecule has 2 aromatic rings. The van der Waals surface area contributed by atoms with Gasteiger partial charge in [0.2, 0.25) is 11.9 Å². The number of piperidine rings is 1. The number of carbonyl (C=O) groups is 1. The standard InChI is InChI=1S/C17H19ClN4O/c1-12-5-6-15(14(18)10-12)21-16(23)13-4-2-9-22(11-13)17-19-7-3-8-20-17/h3,5-8,10,13H,2,4,9,11H2,1H3,(H,21,23). The molecule has 0 radical (unpaired) electrons. The van der Waals surface area contributed by atoms with Gasteiger partial charge in [-0.05, 0) is 43.5 Å². The number of aryl methyl sites for hydroxylation is 1. The summed E-state index contributed by atoms with van der Waals surface area (Å²) in [4.78, 5) is 23.1. The van der Waals surface area contributed by atoms with Gasteiger partial charge in [0.05, 0.1) is 16.6 Å². The minimum absolute atomic E-state index is 0.00335. The molecule has 1 aliphatic heterocycles. The van der Waals surface area contributed by atoms with Crippen LogP contribution in [0.4, 0.5) is 11.6 Å². The molecule has 1 aliphatic rings. The molecule has 1 N–H and O–H groups in total. The second-order valence-corrected chi connectivity index (χ2v) is 6.21. The summed E-state index contributed by atoms with van der Waals surface area (Å²) in [6, 6.07) is 7.42. The van der Waals surface area contributed by atoms with Crippen molar-refractivity contribution in [2.24, 2.45) is 5.92 Å². The summed E-state index contributed by atoms with van der Waals surface area (Å²) in [5.41, 5.74) is 1.73. The Morgan fingerprint density at radius 2 is 2.13 bits per heavy atom. The van der Waals surface area contributed by atoms with Gasteiger partial charge in [0.15, 0.2) is 0 Å². The molecule has 1 aromatic carbocycles. The SMILES string of the molecule is Cc1ccc(NC(=O)C2CCCN(c3ncccn3)C2)c(Cl)c1. The van der Waals surface area contributed by atoms with E-state index in [-0.39, 0.29) is 11.8 Å². The van der Waals surface area contributed by atoms with E-state index in [4.69, 9.17) is 11.6 Å². The van der Waals surface area contributed by atoms with Crippen molar-refractivity contribution in [2.45, 2.75) is 19.8 Å². The highest BCUT2D eigenvalue weighted by molar-refractivity contribution is 6.33. The second kappa shape index (κ2) is 6.96. The van der Waals surface area contributed by atoms with Gasteiger partial charge in [-0.25, -0.2) is 9.97 Å². The van der Waals surface area contributed by atoms with Crippen molar-refractivity contribution in [1.82, 2.24) is 9.97 Å². The fraction of sp³-hybridized carbons (Fsp3) is 0.353. The smallest absolute Gasteiger partial charge is 0.229 e. The molecular formula is C17H19ClN4O. The van der Waals surface area contributed by atoms with Gasteiger partial charge in [0, 0.05) is 25.5 Å². The molecule has 2 heterocycles. The summed E-state index contributed by atoms with van der Waals surface area (Å²) in [5.74, 6) is 0.583. The predicted octanol–water partition coefficient (Wildman–Crippen LogP) is 3.29. The molecule has 0 saturated carbocycles. The molecule has 1 unspecified atom stereocenters. The Balaban J connectivity index is 1.67. The fourth-order valence-corrected chi connectivity index (χ4v) is 3.07. The molecule has 6 heteroatoms. The zero-order valence-electron chi connectivity index (χ0n) is 13.0. The normalized spacial score (nSPS) is 17.8. The Labute approximate surface area is 140 Å². The van der Waals surface area contributed by atoms with Crippen LogP contribution in [0.2, 0.25) is 5.02 Å². The molecule has 120 valence electrons. The van der Waals surface area contributed by atoms with E-state index in [0.29, 0.717) is 23.2 Å². The van der Waals surface area contributed by atoms with E-state index in [0.717, 1.165) is 24.9 Å². The highest BCUT2D eigenvalue weighted by atomic mass is 35.5. The van der Waals surface area contributed by atoms with Crippen LogP contribution in [0.15, 0.2) is 36.7 Å². The van der Waals surface area contributed by atoms with E-state index in [9.17, 15) is 4.79 Å². The number of aromatic nitrogens is 2. The Morgan fingerprint density at radius 1 is 1.35 bits per heavy atom. The number of nitrogens with zero attached hydrogens (tertiary/aromatic N) is 3. The predicted molar refractivity (Wildman–Crippen MR) is 91.8 cm³/mol. The van der Waals surface area contributed by atoms with Crippen molar-refractivity contribution in [3.63, 3.8) is 0 Å². The number of hydrogen-bond acceptors (Lipinski definition) is 4. The Morgan fingerprint density at radius 3 is 2.87 bits per heavy atom. The Bertz CT molecular complexity index is 692. The third-order valence-corrected chi connectivity index (χ3v) is 4.32. The van der Waals surface area contributed by atoms with E-state index >= 15 is 0 Å². The van der Waals surface area contributed by atoms with Crippen LogP contribution in [-0.2, 0) is 4.79 Å². The van der Waals surface area contributed by atoms with Gasteiger partial charge in [-0.2, -0.15) is 0 Å². The number of benzene rings is 1. The maximum Gasteiger partial charge on any atom is 0.229 e. The van der Waals surface area contributed by atoms with Gasteiger partial charge < -0.3 is 10.2 Å². The van der Waals surface area contributed by atoms with Crippen molar-refractivity contribution in [3.05, 3.63) is 47.2 Å². The number of amides is 1. The summed E-state index contributed by atoms with van der Waals surface area (Å²) in [6.45, 7) is 3.47. The second-order valence-electron chi connectivity index (χ2n) is 5.81. The maximum absolute atomic E-state index is 12.5. The first-order valence-electron chi connectivity index (χ1n) is 7.72. The maximum atomic E-state index is 12.5. The average molecular weight is 331 g/mol. The van der Waals surface area contributed by atoms with E-state index in [1.807, 2.05) is 25.1 Å². The van der Waals surface area contributed by atoms with Crippen LogP contribution >= 0.6 is 11.6 Å². The monoisotopic (exact) mass is 330 g/mol. The summed E-state index contributed by atoms with van der Waals surface area (Å²) in [5, 5.41) is 3.51. The van der Waals surface area contributed by atoms with Crippen LogP contribution in [0.25, 0.3) is 0 Å². The average Bonchev–Trinajstić information content (AvgIpc) is 2.58. The van der Waals surface area contributed by atoms with Crippen LogP contribution in [0, 0.1) is 12.8 Å². The van der Waals surface area contributed by atoms with Crippen molar-refractivity contribution < 1.29 is 4.79 Å². The third-order valence-electron chi connectivity index (χ3n) is 4.01. The number of carbonyl (C=O) groups excluding carboxylic acids is 1. The van der Waals surface area contributed by atoms with E-state index in [1.54, 1.807) is 18.5 Å². The molecule has 5 nitrogen and oxygen atoms in total. The molecule has 23 heavy (non-hydrogen) atoms. The van der Waals surface area contributed by atoms with Gasteiger partial charge in [0.1, 0.15) is 0 Å². The molecule has 1 saturated heterocycles. The molecule has 3 rings (SSSR count). The first-order valence-corrected chi connectivity index (χ1v) is 8.10. The largest absolute Gasteiger partial charge is 0.340 e. The first-order chi connectivity index (χ1) is 11.1. The van der Waals surface area contributed by atoms with E-state index in [1.165, 1.54) is 0 Å². The van der Waals surface area contributed by atoms with Crippen LogP contribution < -0.4 is 10.2 Å². The minimum atomic E-state index is -0.0927. The van der Waals surface area contributed by atoms with Crippen LogP contribution in [0.5, 0.6) is 0 Å². The summed E-state index contributed by atoms with van der Waals surface area (Å²) in [6.07, 6.45) is 5.24. The Kier molecular flexibility index (Phi) is 4.76. The lowest BCUT2D eigenvalue weighted by molar-refractivity contribution is -0.120. The lowest BCUT2D eigenvalue weighted by atomic mass is 9.97. The molecule has 0 spiro atoms. The number of anilines is 2. The fourth-order valence-electron chi connectivity index (χ4n) is 2.78. The lowest BCUT2D eigenvalue weighted by Crippen LogP contribution is -2.41. The molecule has 1 atom stereocenters. The van der Waals surface area contributed by atoms with Gasteiger partial charge in [-0.15, -0.1) is 0 Å². The van der Waals surface area contributed by atoms with Gasteiger partial charge in [-0.3, -0.25) is 4.79 Å². The number of hydrogen-bond donors (Lipinski definition) is 1. The molecular weight excluding hydrogens is 312 g/mol. The Hall–Kier alpha value is -2.14. The summed E-state index contributed by atoms with van der Waals surface area (Å²) < 4.78 is 0. The van der Waals surface area contributed by atoms with Crippen molar-refractivity contribution in [2.75, 3.05) is 23.3 Å². The minimum Gasteiger partial charge on any atom is -0.340 e. The first kappa shape index (κ1) is 15.7. The molecule has 0 bridgehead atoms. The van der Waals surface area contributed by atoms with E-state index < -0.39 is 0 Å². The van der Waals surface area contributed by atoms with Crippen molar-refractivity contribution in [3.8, 4) is 0 Å². The van der Waals surface area contributed by atoms with Gasteiger partial charge >= 0.3 is 0 Å². The topological polar surface area (TPSA) is 58.1 Å². The quantitative estimate of drug-likeness (QED) is 0.938. The van der Waals surface area contributed by atoms with E-state index in [2.05, 4.69) is 20.2 Å².